The van der Waals surface area contributed by atoms with Crippen molar-refractivity contribution in [1.29, 1.82) is 0 Å². The highest BCUT2D eigenvalue weighted by atomic mass is 19.4. The second kappa shape index (κ2) is 5.54. The summed E-state index contributed by atoms with van der Waals surface area (Å²) in [7, 11) is 0. The van der Waals surface area contributed by atoms with E-state index in [1.807, 2.05) is 6.92 Å². The Morgan fingerprint density at radius 3 is 2.24 bits per heavy atom. The summed E-state index contributed by atoms with van der Waals surface area (Å²) in [5, 5.41) is 12.3. The van der Waals surface area contributed by atoms with Crippen LogP contribution in [0.25, 0.3) is 0 Å². The Kier molecular flexibility index (Phi) is 4.80. The van der Waals surface area contributed by atoms with Crippen molar-refractivity contribution >= 4 is 0 Å². The number of aliphatic hydroxyl groups is 1. The Labute approximate surface area is 100.0 Å². The molecular formula is C11H21F3N2O. The molecule has 2 N–H and O–H groups in total. The minimum absolute atomic E-state index is 0.0288. The molecule has 1 aliphatic rings. The van der Waals surface area contributed by atoms with E-state index in [1.54, 1.807) is 6.92 Å². The molecule has 17 heavy (non-hydrogen) atoms. The first-order valence-corrected chi connectivity index (χ1v) is 5.96. The normalized spacial score (nSPS) is 20.6. The molecule has 0 radical (unpaired) electrons. The average Bonchev–Trinajstić information content (AvgIpc) is 2.98. The van der Waals surface area contributed by atoms with Crippen LogP contribution in [0.4, 0.5) is 13.2 Å². The largest absolute Gasteiger partial charge is 0.401 e. The van der Waals surface area contributed by atoms with Gasteiger partial charge in [-0.3, -0.25) is 4.90 Å². The van der Waals surface area contributed by atoms with Crippen LogP contribution in [0, 0.1) is 0 Å². The highest BCUT2D eigenvalue weighted by Gasteiger charge is 2.40. The molecule has 0 aromatic heterocycles. The molecule has 1 unspecified atom stereocenters. The van der Waals surface area contributed by atoms with Crippen molar-refractivity contribution in [2.45, 2.75) is 44.4 Å². The molecule has 1 rings (SSSR count). The summed E-state index contributed by atoms with van der Waals surface area (Å²) in [6, 6.07) is 0.0288. The molecule has 3 nitrogen and oxygen atoms in total. The molecule has 6 heteroatoms. The number of hydrogen-bond acceptors (Lipinski definition) is 3. The summed E-state index contributed by atoms with van der Waals surface area (Å²) in [6.45, 7) is 3.42. The molecule has 0 aliphatic heterocycles. The van der Waals surface area contributed by atoms with Crippen LogP contribution in [0.3, 0.4) is 0 Å². The highest BCUT2D eigenvalue weighted by Crippen LogP contribution is 2.31. The number of halogens is 3. The molecule has 1 atom stereocenters. The fourth-order valence-corrected chi connectivity index (χ4v) is 2.02. The first-order valence-electron chi connectivity index (χ1n) is 5.96. The number of likely N-dealkylation sites (N-methyl/N-ethyl adjacent to an activating group) is 1. The third-order valence-electron chi connectivity index (χ3n) is 2.95. The van der Waals surface area contributed by atoms with Crippen LogP contribution in [-0.4, -0.2) is 54.0 Å². The van der Waals surface area contributed by atoms with Crippen molar-refractivity contribution in [3.8, 4) is 0 Å². The van der Waals surface area contributed by atoms with Gasteiger partial charge in [-0.2, -0.15) is 13.2 Å². The van der Waals surface area contributed by atoms with Gasteiger partial charge in [-0.25, -0.2) is 0 Å². The topological polar surface area (TPSA) is 35.5 Å². The van der Waals surface area contributed by atoms with Crippen LogP contribution < -0.4 is 5.32 Å². The fourth-order valence-electron chi connectivity index (χ4n) is 2.02. The molecule has 1 fully saturated rings. The summed E-state index contributed by atoms with van der Waals surface area (Å²) in [4.78, 5) is 1.43. The molecule has 0 bridgehead atoms. The van der Waals surface area contributed by atoms with Crippen molar-refractivity contribution in [2.24, 2.45) is 0 Å². The molecule has 0 heterocycles. The van der Waals surface area contributed by atoms with Gasteiger partial charge in [-0.05, 0) is 26.3 Å². The molecule has 0 aromatic carbocycles. The molecule has 0 saturated heterocycles. The van der Waals surface area contributed by atoms with Crippen molar-refractivity contribution < 1.29 is 18.3 Å². The maximum absolute atomic E-state index is 12.4. The number of hydrogen-bond donors (Lipinski definition) is 2. The average molecular weight is 254 g/mol. The zero-order valence-electron chi connectivity index (χ0n) is 10.3. The second-order valence-corrected chi connectivity index (χ2v) is 5.00. The third kappa shape index (κ3) is 5.23. The lowest BCUT2D eigenvalue weighted by Crippen LogP contribution is -2.55. The van der Waals surface area contributed by atoms with Crippen molar-refractivity contribution in [3.63, 3.8) is 0 Å². The number of rotatable bonds is 7. The monoisotopic (exact) mass is 254 g/mol. The summed E-state index contributed by atoms with van der Waals surface area (Å²) in [6.07, 6.45) is -2.53. The summed E-state index contributed by atoms with van der Waals surface area (Å²) >= 11 is 0. The van der Waals surface area contributed by atoms with E-state index in [4.69, 9.17) is 0 Å². The first kappa shape index (κ1) is 14.7. The molecule has 1 saturated carbocycles. The van der Waals surface area contributed by atoms with E-state index < -0.39 is 18.3 Å². The van der Waals surface area contributed by atoms with E-state index in [0.717, 1.165) is 12.8 Å². The standard InChI is InChI=1S/C11H21F3N2O/c1-3-15-10(2,8-17)6-16(9-4-5-9)7-11(12,13)14/h9,15,17H,3-8H2,1-2H3. The Hall–Kier alpha value is -0.330. The minimum atomic E-state index is -4.18. The van der Waals surface area contributed by atoms with Gasteiger partial charge < -0.3 is 10.4 Å². The zero-order valence-corrected chi connectivity index (χ0v) is 10.3. The number of nitrogens with one attached hydrogen (secondary N) is 1. The quantitative estimate of drug-likeness (QED) is 0.720. The Morgan fingerprint density at radius 2 is 1.88 bits per heavy atom. The lowest BCUT2D eigenvalue weighted by molar-refractivity contribution is -0.149. The van der Waals surface area contributed by atoms with Gasteiger partial charge in [-0.15, -0.1) is 0 Å². The smallest absolute Gasteiger partial charge is 0.394 e. The number of nitrogens with zero attached hydrogens (tertiary/aromatic N) is 1. The lowest BCUT2D eigenvalue weighted by atomic mass is 10.0. The van der Waals surface area contributed by atoms with Gasteiger partial charge in [0.15, 0.2) is 0 Å². The van der Waals surface area contributed by atoms with Crippen molar-refractivity contribution in [2.75, 3.05) is 26.2 Å². The minimum Gasteiger partial charge on any atom is -0.394 e. The maximum atomic E-state index is 12.4. The third-order valence-corrected chi connectivity index (χ3v) is 2.95. The Balaban J connectivity index is 2.59. The molecule has 0 spiro atoms. The van der Waals surface area contributed by atoms with Crippen LogP contribution in [0.15, 0.2) is 0 Å². The predicted octanol–water partition coefficient (Wildman–Crippen LogP) is 1.37. The SMILES string of the molecule is CCNC(C)(CO)CN(CC(F)(F)F)C1CC1. The van der Waals surface area contributed by atoms with Gasteiger partial charge >= 0.3 is 6.18 Å². The van der Waals surface area contributed by atoms with Gasteiger partial charge in [0, 0.05) is 12.6 Å². The zero-order chi connectivity index (χ0) is 13.1. The molecule has 102 valence electrons. The van der Waals surface area contributed by atoms with E-state index in [2.05, 4.69) is 5.32 Å². The van der Waals surface area contributed by atoms with E-state index in [1.165, 1.54) is 4.90 Å². The van der Waals surface area contributed by atoms with Gasteiger partial charge in [0.1, 0.15) is 0 Å². The first-order chi connectivity index (χ1) is 7.79. The molecule has 0 aromatic rings. The van der Waals surface area contributed by atoms with E-state index in [0.29, 0.717) is 6.54 Å². The molecular weight excluding hydrogens is 233 g/mol. The summed E-state index contributed by atoms with van der Waals surface area (Å²) < 4.78 is 37.3. The summed E-state index contributed by atoms with van der Waals surface area (Å²) in [5.74, 6) is 0. The molecule has 0 amide bonds. The van der Waals surface area contributed by atoms with Crippen molar-refractivity contribution in [3.05, 3.63) is 0 Å². The number of aliphatic hydroxyl groups excluding tert-OH is 1. The predicted molar refractivity (Wildman–Crippen MR) is 59.8 cm³/mol. The van der Waals surface area contributed by atoms with Crippen LogP contribution in [0.1, 0.15) is 26.7 Å². The van der Waals surface area contributed by atoms with Crippen LogP contribution >= 0.6 is 0 Å². The van der Waals surface area contributed by atoms with Crippen LogP contribution in [-0.2, 0) is 0 Å². The second-order valence-electron chi connectivity index (χ2n) is 5.00. The van der Waals surface area contributed by atoms with Gasteiger partial charge in [-0.1, -0.05) is 6.92 Å². The van der Waals surface area contributed by atoms with E-state index in [9.17, 15) is 18.3 Å². The van der Waals surface area contributed by atoms with E-state index >= 15 is 0 Å². The summed E-state index contributed by atoms with van der Waals surface area (Å²) in [5.41, 5.74) is -0.664. The number of alkyl halides is 3. The van der Waals surface area contributed by atoms with Crippen LogP contribution in [0.5, 0.6) is 0 Å². The van der Waals surface area contributed by atoms with Crippen LogP contribution in [0.2, 0.25) is 0 Å². The Bertz CT molecular complexity index is 243. The van der Waals surface area contributed by atoms with Crippen molar-refractivity contribution in [1.82, 2.24) is 10.2 Å². The Morgan fingerprint density at radius 1 is 1.29 bits per heavy atom. The maximum Gasteiger partial charge on any atom is 0.401 e. The van der Waals surface area contributed by atoms with E-state index in [-0.39, 0.29) is 19.2 Å². The van der Waals surface area contributed by atoms with Gasteiger partial charge in [0.2, 0.25) is 0 Å². The highest BCUT2D eigenvalue weighted by molar-refractivity contribution is 4.93. The lowest BCUT2D eigenvalue weighted by Gasteiger charge is -2.35. The fraction of sp³-hybridized carbons (Fsp3) is 1.00. The molecule has 1 aliphatic carbocycles. The van der Waals surface area contributed by atoms with Gasteiger partial charge in [0.05, 0.1) is 18.7 Å². The van der Waals surface area contributed by atoms with Gasteiger partial charge in [0.25, 0.3) is 0 Å².